The molecule has 0 bridgehead atoms. The lowest BCUT2D eigenvalue weighted by molar-refractivity contribution is 0.222. The molecule has 9 heteroatoms. The third-order valence-electron chi connectivity index (χ3n) is 4.34. The number of nitrogens with zero attached hydrogens (tertiary/aromatic N) is 2. The van der Waals surface area contributed by atoms with Gasteiger partial charge in [0.1, 0.15) is 0 Å². The van der Waals surface area contributed by atoms with Crippen molar-refractivity contribution in [3.63, 3.8) is 0 Å². The van der Waals surface area contributed by atoms with Crippen LogP contribution in [-0.2, 0) is 19.9 Å². The second-order valence-electron chi connectivity index (χ2n) is 6.14. The lowest BCUT2D eigenvalue weighted by Gasteiger charge is -2.31. The lowest BCUT2D eigenvalue weighted by atomic mass is 10.4. The summed E-state index contributed by atoms with van der Waals surface area (Å²) in [6.45, 7) is 2.08. The van der Waals surface area contributed by atoms with Crippen LogP contribution in [0.5, 0.6) is 0 Å². The first kappa shape index (κ1) is 19.5. The third kappa shape index (κ3) is 3.86. The van der Waals surface area contributed by atoms with Gasteiger partial charge in [0, 0.05) is 30.7 Å². The van der Waals surface area contributed by atoms with E-state index in [1.54, 1.807) is 12.1 Å². The van der Waals surface area contributed by atoms with E-state index in [-0.39, 0.29) is 14.7 Å². The van der Waals surface area contributed by atoms with Crippen LogP contribution >= 0.6 is 15.9 Å². The van der Waals surface area contributed by atoms with E-state index in [4.69, 9.17) is 0 Å². The van der Waals surface area contributed by atoms with Crippen molar-refractivity contribution in [2.45, 2.75) is 14.7 Å². The van der Waals surface area contributed by atoms with E-state index in [2.05, 4.69) is 20.8 Å². The minimum absolute atomic E-state index is 0.000222. The molecule has 0 radical (unpaired) electrons. The molecule has 0 spiro atoms. The molecule has 1 aliphatic rings. The quantitative estimate of drug-likeness (QED) is 0.701. The van der Waals surface area contributed by atoms with Gasteiger partial charge in [-0.25, -0.2) is 16.8 Å². The molecule has 2 aromatic carbocycles. The Balaban J connectivity index is 1.96. The number of rotatable bonds is 4. The first-order valence-corrected chi connectivity index (χ1v) is 11.7. The number of sulfonamides is 1. The van der Waals surface area contributed by atoms with Crippen LogP contribution in [0.25, 0.3) is 0 Å². The summed E-state index contributed by atoms with van der Waals surface area (Å²) in [6.07, 6.45) is 0. The molecule has 0 atom stereocenters. The number of hydrogen-bond donors (Lipinski definition) is 0. The van der Waals surface area contributed by atoms with Crippen LogP contribution in [0.3, 0.4) is 0 Å². The number of sulfone groups is 1. The molecule has 0 amide bonds. The first-order chi connectivity index (χ1) is 12.2. The average molecular weight is 459 g/mol. The van der Waals surface area contributed by atoms with E-state index in [1.807, 2.05) is 7.05 Å². The predicted molar refractivity (Wildman–Crippen MR) is 102 cm³/mol. The highest BCUT2D eigenvalue weighted by atomic mass is 79.9. The van der Waals surface area contributed by atoms with E-state index < -0.39 is 19.9 Å². The van der Waals surface area contributed by atoms with Crippen molar-refractivity contribution < 1.29 is 16.8 Å². The van der Waals surface area contributed by atoms with E-state index >= 15 is 0 Å². The minimum Gasteiger partial charge on any atom is -0.304 e. The van der Waals surface area contributed by atoms with Crippen LogP contribution in [0, 0.1) is 0 Å². The molecule has 1 saturated heterocycles. The third-order valence-corrected chi connectivity index (χ3v) is 8.53. The summed E-state index contributed by atoms with van der Waals surface area (Å²) in [4.78, 5) is 2.14. The monoisotopic (exact) mass is 458 g/mol. The highest BCUT2D eigenvalue weighted by molar-refractivity contribution is 9.10. The van der Waals surface area contributed by atoms with Gasteiger partial charge < -0.3 is 4.90 Å². The van der Waals surface area contributed by atoms with Crippen molar-refractivity contribution in [1.29, 1.82) is 0 Å². The van der Waals surface area contributed by atoms with E-state index in [0.29, 0.717) is 26.2 Å². The fourth-order valence-corrected chi connectivity index (χ4v) is 5.84. The molecule has 6 nitrogen and oxygen atoms in total. The van der Waals surface area contributed by atoms with Crippen molar-refractivity contribution in [2.75, 3.05) is 33.2 Å². The molecule has 0 aliphatic carbocycles. The molecule has 3 rings (SSSR count). The largest absolute Gasteiger partial charge is 0.304 e. The van der Waals surface area contributed by atoms with Gasteiger partial charge in [-0.15, -0.1) is 0 Å². The maximum absolute atomic E-state index is 12.9. The summed E-state index contributed by atoms with van der Waals surface area (Å²) >= 11 is 3.27. The number of halogens is 1. The lowest BCUT2D eigenvalue weighted by Crippen LogP contribution is -2.47. The SMILES string of the molecule is CN1CCN(S(=O)(=O)c2cccc(S(=O)(=O)c3ccc(Br)cc3)c2)CC1. The Morgan fingerprint density at radius 2 is 1.38 bits per heavy atom. The maximum Gasteiger partial charge on any atom is 0.243 e. The number of benzene rings is 2. The highest BCUT2D eigenvalue weighted by Gasteiger charge is 2.29. The molecule has 2 aromatic rings. The van der Waals surface area contributed by atoms with Gasteiger partial charge in [-0.3, -0.25) is 0 Å². The van der Waals surface area contributed by atoms with Gasteiger partial charge in [-0.2, -0.15) is 4.31 Å². The summed E-state index contributed by atoms with van der Waals surface area (Å²) in [7, 11) is -5.57. The summed E-state index contributed by atoms with van der Waals surface area (Å²) < 4.78 is 53.5. The summed E-state index contributed by atoms with van der Waals surface area (Å²) in [6, 6.07) is 11.8. The van der Waals surface area contributed by atoms with Crippen LogP contribution in [0.2, 0.25) is 0 Å². The predicted octanol–water partition coefficient (Wildman–Crippen LogP) is 2.22. The average Bonchev–Trinajstić information content (AvgIpc) is 2.62. The highest BCUT2D eigenvalue weighted by Crippen LogP contribution is 2.26. The van der Waals surface area contributed by atoms with E-state index in [0.717, 1.165) is 4.47 Å². The van der Waals surface area contributed by atoms with Crippen LogP contribution in [-0.4, -0.2) is 59.3 Å². The van der Waals surface area contributed by atoms with Gasteiger partial charge >= 0.3 is 0 Å². The Kier molecular flexibility index (Phi) is 5.55. The molecule has 0 unspecified atom stereocenters. The Bertz CT molecular complexity index is 997. The number of likely N-dealkylation sites (N-methyl/N-ethyl adjacent to an activating group) is 1. The maximum atomic E-state index is 12.9. The van der Waals surface area contributed by atoms with Gasteiger partial charge in [0.15, 0.2) is 0 Å². The molecular formula is C17H19BrN2O4S2. The van der Waals surface area contributed by atoms with Gasteiger partial charge in [0.2, 0.25) is 19.9 Å². The van der Waals surface area contributed by atoms with Gasteiger partial charge in [-0.05, 0) is 49.5 Å². The molecule has 1 aliphatic heterocycles. The van der Waals surface area contributed by atoms with Gasteiger partial charge in [0.05, 0.1) is 14.7 Å². The van der Waals surface area contributed by atoms with Crippen molar-refractivity contribution in [3.8, 4) is 0 Å². The summed E-state index contributed by atoms with van der Waals surface area (Å²) in [5, 5.41) is 0. The Hall–Kier alpha value is -1.26. The molecule has 0 N–H and O–H groups in total. The van der Waals surface area contributed by atoms with Gasteiger partial charge in [-0.1, -0.05) is 22.0 Å². The fraction of sp³-hybridized carbons (Fsp3) is 0.294. The zero-order chi connectivity index (χ0) is 18.9. The van der Waals surface area contributed by atoms with Crippen LogP contribution in [0.1, 0.15) is 0 Å². The fourth-order valence-electron chi connectivity index (χ4n) is 2.73. The molecule has 26 heavy (non-hydrogen) atoms. The number of piperazine rings is 1. The van der Waals surface area contributed by atoms with Crippen molar-refractivity contribution in [2.24, 2.45) is 0 Å². The smallest absolute Gasteiger partial charge is 0.243 e. The van der Waals surface area contributed by atoms with E-state index in [1.165, 1.54) is 40.7 Å². The molecule has 0 saturated carbocycles. The zero-order valence-corrected chi connectivity index (χ0v) is 17.4. The Labute approximate surface area is 162 Å². The molecular weight excluding hydrogens is 440 g/mol. The van der Waals surface area contributed by atoms with Crippen LogP contribution in [0.4, 0.5) is 0 Å². The normalized spacial score (nSPS) is 17.3. The van der Waals surface area contributed by atoms with Crippen LogP contribution in [0.15, 0.2) is 67.7 Å². The standard InChI is InChI=1S/C17H19BrN2O4S2/c1-19-9-11-20(12-10-19)26(23,24)17-4-2-3-16(13-17)25(21,22)15-7-5-14(18)6-8-15/h2-8,13H,9-12H2,1H3. The zero-order valence-electron chi connectivity index (χ0n) is 14.2. The Morgan fingerprint density at radius 3 is 2.00 bits per heavy atom. The van der Waals surface area contributed by atoms with E-state index in [9.17, 15) is 16.8 Å². The molecule has 0 aromatic heterocycles. The molecule has 1 fully saturated rings. The van der Waals surface area contributed by atoms with Crippen LogP contribution < -0.4 is 0 Å². The summed E-state index contributed by atoms with van der Waals surface area (Å²) in [5.41, 5.74) is 0. The molecule has 140 valence electrons. The Morgan fingerprint density at radius 1 is 0.808 bits per heavy atom. The first-order valence-electron chi connectivity index (χ1n) is 8.01. The second kappa shape index (κ2) is 7.40. The van der Waals surface area contributed by atoms with Crippen molar-refractivity contribution in [3.05, 3.63) is 53.0 Å². The number of hydrogen-bond acceptors (Lipinski definition) is 5. The van der Waals surface area contributed by atoms with Crippen molar-refractivity contribution in [1.82, 2.24) is 9.21 Å². The molecule has 1 heterocycles. The summed E-state index contributed by atoms with van der Waals surface area (Å²) in [5.74, 6) is 0. The van der Waals surface area contributed by atoms with Crippen molar-refractivity contribution >= 4 is 35.8 Å². The second-order valence-corrected chi connectivity index (χ2v) is 10.9. The topological polar surface area (TPSA) is 74.8 Å². The minimum atomic E-state index is -3.79. The van der Waals surface area contributed by atoms with Gasteiger partial charge in [0.25, 0.3) is 0 Å².